The van der Waals surface area contributed by atoms with Gasteiger partial charge in [-0.25, -0.2) is 0 Å². The predicted molar refractivity (Wildman–Crippen MR) is 139 cm³/mol. The van der Waals surface area contributed by atoms with E-state index >= 15 is 0 Å². The molecule has 1 heterocycles. The van der Waals surface area contributed by atoms with Crippen molar-refractivity contribution in [1.82, 2.24) is 0 Å². The van der Waals surface area contributed by atoms with Crippen molar-refractivity contribution in [3.05, 3.63) is 77.3 Å². The minimum atomic E-state index is 0.446. The fourth-order valence-corrected chi connectivity index (χ4v) is 4.76. The van der Waals surface area contributed by atoms with Crippen molar-refractivity contribution in [3.63, 3.8) is 0 Å². The number of fused-ring (bicyclic) bond motifs is 1. The molecule has 0 N–H and O–H groups in total. The van der Waals surface area contributed by atoms with E-state index in [1.807, 2.05) is 55.6 Å². The molecule has 4 rings (SSSR count). The van der Waals surface area contributed by atoms with E-state index in [2.05, 4.69) is 57.8 Å². The number of ether oxygens (including phenoxy) is 1. The van der Waals surface area contributed by atoms with Crippen LogP contribution in [0.1, 0.15) is 24.4 Å². The van der Waals surface area contributed by atoms with Crippen molar-refractivity contribution < 1.29 is 14.1 Å². The molecule has 0 spiro atoms. The number of anilines is 1. The average Bonchev–Trinajstić information content (AvgIpc) is 3.18. The molecule has 6 nitrogen and oxygen atoms in total. The molecular formula is C27H27N4O2S+. The summed E-state index contributed by atoms with van der Waals surface area (Å²) in [4.78, 5) is 12.9. The van der Waals surface area contributed by atoms with Gasteiger partial charge in [-0.15, -0.1) is 0 Å². The Bertz CT molecular complexity index is 1320. The minimum absolute atomic E-state index is 0.446. The van der Waals surface area contributed by atoms with Crippen molar-refractivity contribution >= 4 is 57.2 Å². The van der Waals surface area contributed by atoms with Crippen molar-refractivity contribution in [2.75, 3.05) is 18.0 Å². The maximum atomic E-state index is 10.6. The smallest absolute Gasteiger partial charge is 0.298 e. The van der Waals surface area contributed by atoms with Crippen LogP contribution in [0.25, 0.3) is 22.4 Å². The van der Waals surface area contributed by atoms with Gasteiger partial charge >= 0.3 is 0 Å². The van der Waals surface area contributed by atoms with Gasteiger partial charge in [-0.2, -0.15) is 14.8 Å². The molecule has 0 saturated carbocycles. The van der Waals surface area contributed by atoms with Crippen LogP contribution in [0.5, 0.6) is 5.75 Å². The quantitative estimate of drug-likeness (QED) is 0.155. The zero-order valence-electron chi connectivity index (χ0n) is 19.5. The monoisotopic (exact) mass is 471 g/mol. The van der Waals surface area contributed by atoms with Gasteiger partial charge in [0, 0.05) is 37.0 Å². The van der Waals surface area contributed by atoms with Crippen molar-refractivity contribution in [2.24, 2.45) is 17.3 Å². The van der Waals surface area contributed by atoms with Gasteiger partial charge in [-0.05, 0) is 68.0 Å². The number of hydrogen-bond acceptors (Lipinski definition) is 6. The van der Waals surface area contributed by atoms with Crippen LogP contribution >= 0.6 is 11.3 Å². The van der Waals surface area contributed by atoms with Crippen LogP contribution in [0.15, 0.2) is 77.0 Å². The molecule has 4 aromatic rings. The first-order valence-corrected chi connectivity index (χ1v) is 12.0. The van der Waals surface area contributed by atoms with Crippen molar-refractivity contribution in [2.45, 2.75) is 13.8 Å². The summed E-state index contributed by atoms with van der Waals surface area (Å²) in [6, 6.07) is 21.8. The highest BCUT2D eigenvalue weighted by Gasteiger charge is 2.15. The summed E-state index contributed by atoms with van der Waals surface area (Å²) in [7, 11) is 2.02. The van der Waals surface area contributed by atoms with Crippen molar-refractivity contribution in [1.29, 1.82) is 0 Å². The number of carbonyl (C=O) groups is 1. The summed E-state index contributed by atoms with van der Waals surface area (Å²) in [5.41, 5.74) is 4.99. The number of rotatable bonds is 9. The number of carbonyl (C=O) groups excluding carboxylic acids is 1. The zero-order valence-corrected chi connectivity index (χ0v) is 20.3. The molecule has 0 aliphatic carbocycles. The lowest BCUT2D eigenvalue weighted by atomic mass is 10.2. The normalized spacial score (nSPS) is 11.5. The number of aryl methyl sites for hydroxylation is 1. The van der Waals surface area contributed by atoms with Gasteiger partial charge in [0.1, 0.15) is 17.5 Å². The van der Waals surface area contributed by atoms with Gasteiger partial charge < -0.3 is 9.64 Å². The Morgan fingerprint density at radius 2 is 1.56 bits per heavy atom. The second kappa shape index (κ2) is 10.9. The Balaban J connectivity index is 1.43. The van der Waals surface area contributed by atoms with Crippen LogP contribution < -0.4 is 14.2 Å². The molecule has 0 atom stereocenters. The molecule has 0 bridgehead atoms. The molecule has 3 aromatic carbocycles. The Morgan fingerprint density at radius 3 is 2.18 bits per heavy atom. The van der Waals surface area contributed by atoms with Crippen molar-refractivity contribution in [3.8, 4) is 5.75 Å². The number of benzene rings is 3. The summed E-state index contributed by atoms with van der Waals surface area (Å²) < 4.78 is 8.13. The van der Waals surface area contributed by atoms with Crippen LogP contribution in [0.4, 0.5) is 17.1 Å². The highest BCUT2D eigenvalue weighted by molar-refractivity contribution is 7.18. The van der Waals surface area contributed by atoms with E-state index in [0.717, 1.165) is 45.3 Å². The van der Waals surface area contributed by atoms with Crippen LogP contribution in [-0.4, -0.2) is 19.6 Å². The largest absolute Gasteiger partial charge is 0.429 e. The van der Waals surface area contributed by atoms with E-state index in [-0.39, 0.29) is 0 Å². The lowest BCUT2D eigenvalue weighted by Crippen LogP contribution is -2.28. The number of aromatic nitrogens is 1. The summed E-state index contributed by atoms with van der Waals surface area (Å²) >= 11 is 1.64. The Morgan fingerprint density at radius 1 is 0.912 bits per heavy atom. The Kier molecular flexibility index (Phi) is 7.44. The first kappa shape index (κ1) is 23.3. The van der Waals surface area contributed by atoms with Gasteiger partial charge in [0.2, 0.25) is 5.52 Å². The molecule has 0 amide bonds. The zero-order chi connectivity index (χ0) is 23.9. The van der Waals surface area contributed by atoms with E-state index in [4.69, 9.17) is 4.74 Å². The molecule has 0 unspecified atom stereocenters. The third-order valence-electron chi connectivity index (χ3n) is 5.59. The maximum Gasteiger partial charge on any atom is 0.298 e. The second-order valence-electron chi connectivity index (χ2n) is 7.66. The van der Waals surface area contributed by atoms with Gasteiger partial charge in [0.05, 0.1) is 11.4 Å². The molecule has 0 saturated heterocycles. The topological polar surface area (TPSA) is 58.1 Å². The first-order valence-electron chi connectivity index (χ1n) is 11.2. The fourth-order valence-electron chi connectivity index (χ4n) is 3.68. The molecule has 34 heavy (non-hydrogen) atoms. The SMILES string of the molecule is CCN(CC)c1ccc(N=Nc2ccc(/C=C/c3sc4cc(OC=O)ccc4[n+]3C)cc2)cc1. The summed E-state index contributed by atoms with van der Waals surface area (Å²) in [6.45, 7) is 6.72. The second-order valence-corrected chi connectivity index (χ2v) is 8.72. The summed E-state index contributed by atoms with van der Waals surface area (Å²) in [5, 5.41) is 9.82. The molecule has 0 radical (unpaired) electrons. The first-order chi connectivity index (χ1) is 16.6. The molecular weight excluding hydrogens is 444 g/mol. The predicted octanol–water partition coefficient (Wildman–Crippen LogP) is 6.69. The van der Waals surface area contributed by atoms with Gasteiger partial charge in [-0.3, -0.25) is 4.79 Å². The summed E-state index contributed by atoms with van der Waals surface area (Å²) in [6.07, 6.45) is 4.15. The average molecular weight is 472 g/mol. The van der Waals surface area contributed by atoms with Crippen LogP contribution in [0.3, 0.4) is 0 Å². The van der Waals surface area contributed by atoms with E-state index in [1.165, 1.54) is 5.69 Å². The summed E-state index contributed by atoms with van der Waals surface area (Å²) in [5.74, 6) is 0.546. The van der Waals surface area contributed by atoms with E-state index in [1.54, 1.807) is 17.4 Å². The lowest BCUT2D eigenvalue weighted by molar-refractivity contribution is -0.642. The van der Waals surface area contributed by atoms with Crippen LogP contribution in [-0.2, 0) is 11.8 Å². The number of thiazole rings is 1. The fraction of sp³-hybridized carbons (Fsp3) is 0.185. The Hall–Kier alpha value is -3.84. The maximum absolute atomic E-state index is 10.6. The van der Waals surface area contributed by atoms with Gasteiger partial charge in [0.25, 0.3) is 11.5 Å². The number of nitrogens with zero attached hydrogens (tertiary/aromatic N) is 4. The lowest BCUT2D eigenvalue weighted by Gasteiger charge is -2.20. The molecule has 0 aliphatic rings. The minimum Gasteiger partial charge on any atom is -0.429 e. The molecule has 0 aliphatic heterocycles. The molecule has 0 fully saturated rings. The standard InChI is InChI=1S/C27H27N4O2S/c1-4-31(5-2)23-13-11-22(12-14-23)29-28-21-9-6-20(7-10-21)8-17-27-30(3)25-16-15-24(33-19-32)18-26(25)34-27/h6-19H,4-5H2,1-3H3/q+1. The molecule has 7 heteroatoms. The highest BCUT2D eigenvalue weighted by Crippen LogP contribution is 2.26. The van der Waals surface area contributed by atoms with Crippen LogP contribution in [0.2, 0.25) is 0 Å². The van der Waals surface area contributed by atoms with Crippen LogP contribution in [0, 0.1) is 0 Å². The van der Waals surface area contributed by atoms with Gasteiger partial charge in [-0.1, -0.05) is 23.5 Å². The van der Waals surface area contributed by atoms with Gasteiger partial charge in [0.15, 0.2) is 0 Å². The highest BCUT2D eigenvalue weighted by atomic mass is 32.1. The third kappa shape index (κ3) is 5.38. The number of azo groups is 1. The molecule has 1 aromatic heterocycles. The third-order valence-corrected chi connectivity index (χ3v) is 6.76. The molecule has 172 valence electrons. The van der Waals surface area contributed by atoms with E-state index in [0.29, 0.717) is 12.2 Å². The number of hydrogen-bond donors (Lipinski definition) is 0. The van der Waals surface area contributed by atoms with E-state index in [9.17, 15) is 4.79 Å². The van der Waals surface area contributed by atoms with E-state index < -0.39 is 0 Å². The Labute approximate surface area is 203 Å².